The summed E-state index contributed by atoms with van der Waals surface area (Å²) < 4.78 is 35.6. The Morgan fingerprint density at radius 1 is 0.704 bits per heavy atom. The first kappa shape index (κ1) is 57.0. The number of esters is 1. The second-order valence-electron chi connectivity index (χ2n) is 21.0. The van der Waals surface area contributed by atoms with E-state index in [1.54, 1.807) is 86.6 Å². The molecular weight excluding hydrogens is 933 g/mol. The predicted octanol–water partition coefficient (Wildman–Crippen LogP) is 8.75. The summed E-state index contributed by atoms with van der Waals surface area (Å²) in [7, 11) is -0.188. The summed E-state index contributed by atoms with van der Waals surface area (Å²) in [5, 5.41) is 5.79. The van der Waals surface area contributed by atoms with E-state index < -0.39 is 72.8 Å². The molecule has 4 rings (SSSR count). The molecule has 71 heavy (non-hydrogen) atoms. The van der Waals surface area contributed by atoms with Gasteiger partial charge >= 0.3 is 36.0 Å². The number of alkyl carbamates (subject to hydrolysis) is 1. The summed E-state index contributed by atoms with van der Waals surface area (Å²) >= 11 is 0. The van der Waals surface area contributed by atoms with Gasteiger partial charge in [-0.25, -0.2) is 28.9 Å². The van der Waals surface area contributed by atoms with Gasteiger partial charge < -0.3 is 39.1 Å². The number of carbonyl (C=O) groups excluding carboxylic acids is 5. The smallest absolute Gasteiger partial charge is 0.425 e. The summed E-state index contributed by atoms with van der Waals surface area (Å²) in [6.07, 6.45) is -2.53. The van der Waals surface area contributed by atoms with Crippen LogP contribution in [0.3, 0.4) is 0 Å². The maximum atomic E-state index is 14.5. The van der Waals surface area contributed by atoms with Gasteiger partial charge in [0.15, 0.2) is 11.5 Å². The SMILES string of the molecule is CN(C(=O)OC(C)(C)C)c1nc(OCc2ccccc2)c2c(N(C(=O)OC(C)(C)C)C(=O)OC(C)(C)C)nc(=O)n(CCN[C@H](CCCCNC(=O)OCc3ccccc3)C(=O)OCC[Si](C)(C)C)c2n1. The number of hydrogen-bond acceptors (Lipinski definition) is 16. The zero-order valence-electron chi connectivity index (χ0n) is 43.5. The Bertz CT molecular complexity index is 2470. The highest BCUT2D eigenvalue weighted by Crippen LogP contribution is 2.34. The molecule has 0 aliphatic carbocycles. The summed E-state index contributed by atoms with van der Waals surface area (Å²) in [5.41, 5.74) is -2.81. The first-order valence-corrected chi connectivity index (χ1v) is 27.4. The number of benzene rings is 2. The highest BCUT2D eigenvalue weighted by Gasteiger charge is 2.38. The van der Waals surface area contributed by atoms with Crippen molar-refractivity contribution in [3.05, 3.63) is 82.3 Å². The molecule has 0 bridgehead atoms. The normalized spacial score (nSPS) is 12.4. The van der Waals surface area contributed by atoms with Gasteiger partial charge in [0.25, 0.3) is 0 Å². The molecule has 0 aliphatic heterocycles. The lowest BCUT2D eigenvalue weighted by Crippen LogP contribution is -2.45. The van der Waals surface area contributed by atoms with Crippen molar-refractivity contribution in [2.45, 2.75) is 150 Å². The summed E-state index contributed by atoms with van der Waals surface area (Å²) in [6, 6.07) is 18.3. The number of aromatic nitrogens is 4. The lowest BCUT2D eigenvalue weighted by Gasteiger charge is -2.29. The molecule has 1 atom stereocenters. The fraction of sp³-hybridized carbons (Fsp3) is 0.540. The van der Waals surface area contributed by atoms with Crippen LogP contribution in [0, 0.1) is 0 Å². The van der Waals surface area contributed by atoms with Crippen molar-refractivity contribution in [2.24, 2.45) is 0 Å². The quantitative estimate of drug-likeness (QED) is 0.0365. The van der Waals surface area contributed by atoms with Crippen LogP contribution in [0.25, 0.3) is 11.0 Å². The molecule has 21 heteroatoms. The largest absolute Gasteiger partial charge is 0.472 e. The average Bonchev–Trinajstić information content (AvgIpc) is 3.25. The van der Waals surface area contributed by atoms with E-state index >= 15 is 0 Å². The molecule has 2 N–H and O–H groups in total. The van der Waals surface area contributed by atoms with E-state index in [1.807, 2.05) is 36.4 Å². The number of imide groups is 1. The van der Waals surface area contributed by atoms with Crippen molar-refractivity contribution in [3.8, 4) is 5.88 Å². The van der Waals surface area contributed by atoms with Gasteiger partial charge in [-0.15, -0.1) is 0 Å². The summed E-state index contributed by atoms with van der Waals surface area (Å²) in [5.74, 6) is -1.59. The number of anilines is 2. The lowest BCUT2D eigenvalue weighted by molar-refractivity contribution is -0.145. The third kappa shape index (κ3) is 19.3. The van der Waals surface area contributed by atoms with Crippen LogP contribution in [0.15, 0.2) is 65.5 Å². The highest BCUT2D eigenvalue weighted by atomic mass is 28.3. The number of unbranched alkanes of at least 4 members (excludes halogenated alkanes) is 1. The van der Waals surface area contributed by atoms with E-state index in [0.29, 0.717) is 36.3 Å². The van der Waals surface area contributed by atoms with Gasteiger partial charge in [-0.05, 0) is 98.7 Å². The minimum absolute atomic E-state index is 0.0306. The maximum Gasteiger partial charge on any atom is 0.425 e. The van der Waals surface area contributed by atoms with E-state index in [2.05, 4.69) is 40.2 Å². The Labute approximate surface area is 417 Å². The van der Waals surface area contributed by atoms with Crippen LogP contribution < -0.4 is 30.9 Å². The summed E-state index contributed by atoms with van der Waals surface area (Å²) in [4.78, 5) is 97.4. The fourth-order valence-corrected chi connectivity index (χ4v) is 7.09. The molecular formula is C50H72N8O12Si. The summed E-state index contributed by atoms with van der Waals surface area (Å²) in [6.45, 7) is 21.5. The number of ether oxygens (including phenoxy) is 6. The molecule has 0 unspecified atom stereocenters. The van der Waals surface area contributed by atoms with Crippen molar-refractivity contribution in [3.63, 3.8) is 0 Å². The monoisotopic (exact) mass is 1000 g/mol. The molecule has 2 aromatic heterocycles. The minimum Gasteiger partial charge on any atom is -0.472 e. The van der Waals surface area contributed by atoms with E-state index in [4.69, 9.17) is 33.4 Å². The Balaban J connectivity index is 1.79. The number of hydrogen-bond donors (Lipinski definition) is 2. The van der Waals surface area contributed by atoms with Crippen molar-refractivity contribution >= 4 is 61.2 Å². The molecule has 4 amide bonds. The second kappa shape index (κ2) is 25.0. The zero-order chi connectivity index (χ0) is 52.7. The van der Waals surface area contributed by atoms with Crippen LogP contribution in [-0.4, -0.2) is 108 Å². The molecule has 0 fully saturated rings. The van der Waals surface area contributed by atoms with E-state index in [9.17, 15) is 28.8 Å². The fourth-order valence-electron chi connectivity index (χ4n) is 6.38. The Hall–Kier alpha value is -6.61. The van der Waals surface area contributed by atoms with Crippen LogP contribution in [0.4, 0.5) is 30.9 Å². The van der Waals surface area contributed by atoms with Crippen LogP contribution in [0.5, 0.6) is 5.88 Å². The van der Waals surface area contributed by atoms with Gasteiger partial charge in [0.05, 0.1) is 6.61 Å². The molecule has 2 aromatic carbocycles. The molecule has 0 saturated heterocycles. The molecule has 20 nitrogen and oxygen atoms in total. The molecule has 2 heterocycles. The van der Waals surface area contributed by atoms with Crippen LogP contribution in [0.2, 0.25) is 25.7 Å². The van der Waals surface area contributed by atoms with Crippen molar-refractivity contribution in [1.82, 2.24) is 30.2 Å². The number of nitrogens with one attached hydrogen (secondary N) is 2. The third-order valence-corrected chi connectivity index (χ3v) is 11.5. The Morgan fingerprint density at radius 2 is 1.25 bits per heavy atom. The number of amides is 4. The molecule has 0 radical (unpaired) electrons. The van der Waals surface area contributed by atoms with Crippen molar-refractivity contribution < 1.29 is 52.4 Å². The molecule has 0 spiro atoms. The molecule has 0 saturated carbocycles. The standard InChI is InChI=1S/C50H72N8O12Si/c1-48(2,3)68-45(62)56(10)42-53-38-37(40(55-42)66-32-34-22-16-14-17-23-34)39(58(46(63)69-49(4,5)6)47(64)70-50(7,8)9)54-43(60)57(38)29-28-51-36(41(59)65-30-31-71(11,12)13)26-20-21-27-52-44(61)67-33-35-24-18-15-19-25-35/h14-19,22-25,36,51H,20-21,26-33H2,1-13H3,(H,52,61)/t36-/m1/s1. The van der Waals surface area contributed by atoms with Crippen molar-refractivity contribution in [2.75, 3.05) is 36.5 Å². The number of nitrogens with zero attached hydrogens (tertiary/aromatic N) is 6. The maximum absolute atomic E-state index is 14.5. The number of carbonyl (C=O) groups is 5. The van der Waals surface area contributed by atoms with Gasteiger partial charge in [0.2, 0.25) is 11.8 Å². The minimum atomic E-state index is -1.56. The number of fused-ring (bicyclic) bond motifs is 1. The Morgan fingerprint density at radius 3 is 1.80 bits per heavy atom. The van der Waals surface area contributed by atoms with E-state index in [1.165, 1.54) is 7.05 Å². The second-order valence-corrected chi connectivity index (χ2v) is 26.6. The first-order valence-electron chi connectivity index (χ1n) is 23.7. The Kier molecular flexibility index (Phi) is 20.0. The topological polar surface area (TPSA) is 232 Å². The van der Waals surface area contributed by atoms with Crippen LogP contribution in [0.1, 0.15) is 92.7 Å². The van der Waals surface area contributed by atoms with Gasteiger partial charge in [0.1, 0.15) is 41.4 Å². The predicted molar refractivity (Wildman–Crippen MR) is 271 cm³/mol. The molecule has 0 aliphatic rings. The van der Waals surface area contributed by atoms with Crippen molar-refractivity contribution in [1.29, 1.82) is 0 Å². The number of rotatable bonds is 20. The third-order valence-electron chi connectivity index (χ3n) is 9.82. The average molecular weight is 1010 g/mol. The molecule has 388 valence electrons. The van der Waals surface area contributed by atoms with Gasteiger partial charge in [-0.1, -0.05) is 80.3 Å². The highest BCUT2D eigenvalue weighted by molar-refractivity contribution is 6.76. The van der Waals surface area contributed by atoms with Crippen LogP contribution >= 0.6 is 0 Å². The molecule has 4 aromatic rings. The van der Waals surface area contributed by atoms with Crippen LogP contribution in [-0.2, 0) is 48.2 Å². The van der Waals surface area contributed by atoms with E-state index in [-0.39, 0.29) is 55.8 Å². The zero-order valence-corrected chi connectivity index (χ0v) is 44.5. The van der Waals surface area contributed by atoms with Gasteiger partial charge in [-0.3, -0.25) is 9.36 Å². The van der Waals surface area contributed by atoms with Gasteiger partial charge in [-0.2, -0.15) is 19.9 Å². The van der Waals surface area contributed by atoms with Gasteiger partial charge in [0, 0.05) is 34.8 Å². The first-order chi connectivity index (χ1) is 33.1. The van der Waals surface area contributed by atoms with E-state index in [0.717, 1.165) is 21.1 Å². The lowest BCUT2D eigenvalue weighted by atomic mass is 10.1.